The SMILES string of the molecule is CC(C)NCC(C#N)C1CCCCC1.Cl. The van der Waals surface area contributed by atoms with Crippen molar-refractivity contribution in [3.8, 4) is 6.07 Å². The van der Waals surface area contributed by atoms with E-state index in [2.05, 4.69) is 25.2 Å². The van der Waals surface area contributed by atoms with Gasteiger partial charge in [-0.2, -0.15) is 5.26 Å². The number of nitriles is 1. The standard InChI is InChI=1S/C12H22N2.ClH/c1-10(2)14-9-12(8-13)11-6-4-3-5-7-11;/h10-12,14H,3-7,9H2,1-2H3;1H. The molecule has 88 valence electrons. The first-order chi connectivity index (χ1) is 6.74. The maximum Gasteiger partial charge on any atom is 0.0672 e. The van der Waals surface area contributed by atoms with Crippen molar-refractivity contribution in [3.63, 3.8) is 0 Å². The van der Waals surface area contributed by atoms with E-state index in [9.17, 15) is 0 Å². The van der Waals surface area contributed by atoms with E-state index in [-0.39, 0.29) is 18.3 Å². The Morgan fingerprint density at radius 2 is 1.87 bits per heavy atom. The Kier molecular flexibility index (Phi) is 7.82. The van der Waals surface area contributed by atoms with Crippen molar-refractivity contribution >= 4 is 12.4 Å². The van der Waals surface area contributed by atoms with Gasteiger partial charge in [-0.25, -0.2) is 0 Å². The molecule has 1 N–H and O–H groups in total. The van der Waals surface area contributed by atoms with Crippen molar-refractivity contribution in [3.05, 3.63) is 0 Å². The maximum absolute atomic E-state index is 9.10. The molecule has 0 heterocycles. The summed E-state index contributed by atoms with van der Waals surface area (Å²) < 4.78 is 0. The first-order valence-corrected chi connectivity index (χ1v) is 5.87. The van der Waals surface area contributed by atoms with E-state index in [0.717, 1.165) is 6.54 Å². The van der Waals surface area contributed by atoms with Crippen molar-refractivity contribution in [2.75, 3.05) is 6.54 Å². The van der Waals surface area contributed by atoms with Gasteiger partial charge in [-0.05, 0) is 18.8 Å². The quantitative estimate of drug-likeness (QED) is 0.806. The fourth-order valence-corrected chi connectivity index (χ4v) is 2.22. The third-order valence-electron chi connectivity index (χ3n) is 3.13. The lowest BCUT2D eigenvalue weighted by Gasteiger charge is -2.26. The Bertz CT molecular complexity index is 192. The van der Waals surface area contributed by atoms with Crippen LogP contribution in [0.15, 0.2) is 0 Å². The van der Waals surface area contributed by atoms with Crippen LogP contribution in [0.25, 0.3) is 0 Å². The van der Waals surface area contributed by atoms with Crippen LogP contribution in [0.5, 0.6) is 0 Å². The van der Waals surface area contributed by atoms with Gasteiger partial charge in [-0.3, -0.25) is 0 Å². The summed E-state index contributed by atoms with van der Waals surface area (Å²) in [6, 6.07) is 2.96. The van der Waals surface area contributed by atoms with Gasteiger partial charge >= 0.3 is 0 Å². The van der Waals surface area contributed by atoms with E-state index in [0.29, 0.717) is 12.0 Å². The van der Waals surface area contributed by atoms with E-state index in [1.54, 1.807) is 0 Å². The Morgan fingerprint density at radius 3 is 2.33 bits per heavy atom. The fraction of sp³-hybridized carbons (Fsp3) is 0.917. The Labute approximate surface area is 99.8 Å². The number of rotatable bonds is 4. The molecule has 0 radical (unpaired) electrons. The van der Waals surface area contributed by atoms with Gasteiger partial charge in [0.1, 0.15) is 0 Å². The molecule has 1 unspecified atom stereocenters. The zero-order valence-corrected chi connectivity index (χ0v) is 10.6. The summed E-state index contributed by atoms with van der Waals surface area (Å²) >= 11 is 0. The molecule has 2 nitrogen and oxygen atoms in total. The van der Waals surface area contributed by atoms with Gasteiger partial charge in [0.2, 0.25) is 0 Å². The third-order valence-corrected chi connectivity index (χ3v) is 3.13. The fourth-order valence-electron chi connectivity index (χ4n) is 2.22. The molecule has 0 aliphatic heterocycles. The van der Waals surface area contributed by atoms with Crippen molar-refractivity contribution < 1.29 is 0 Å². The Hall–Kier alpha value is -0.260. The van der Waals surface area contributed by atoms with Crippen LogP contribution >= 0.6 is 12.4 Å². The smallest absolute Gasteiger partial charge is 0.0672 e. The Morgan fingerprint density at radius 1 is 1.27 bits per heavy atom. The molecule has 0 bridgehead atoms. The summed E-state index contributed by atoms with van der Waals surface area (Å²) in [5.74, 6) is 0.887. The number of halogens is 1. The molecule has 15 heavy (non-hydrogen) atoms. The lowest BCUT2D eigenvalue weighted by Crippen LogP contribution is -2.32. The van der Waals surface area contributed by atoms with Crippen LogP contribution in [-0.2, 0) is 0 Å². The van der Waals surface area contributed by atoms with E-state index < -0.39 is 0 Å². The van der Waals surface area contributed by atoms with Gasteiger partial charge in [0.05, 0.1) is 12.0 Å². The molecular weight excluding hydrogens is 208 g/mol. The molecule has 0 amide bonds. The molecule has 1 aliphatic carbocycles. The van der Waals surface area contributed by atoms with Crippen LogP contribution in [0.1, 0.15) is 46.0 Å². The first-order valence-electron chi connectivity index (χ1n) is 5.87. The summed E-state index contributed by atoms with van der Waals surface area (Å²) in [6.07, 6.45) is 6.54. The normalized spacial score (nSPS) is 19.3. The maximum atomic E-state index is 9.10. The predicted molar refractivity (Wildman–Crippen MR) is 66.1 cm³/mol. The molecule has 1 rings (SSSR count). The minimum absolute atomic E-state index is 0. The summed E-state index contributed by atoms with van der Waals surface area (Å²) in [6.45, 7) is 5.14. The van der Waals surface area contributed by atoms with Crippen LogP contribution in [0.3, 0.4) is 0 Å². The zero-order chi connectivity index (χ0) is 10.4. The lowest BCUT2D eigenvalue weighted by atomic mass is 9.80. The van der Waals surface area contributed by atoms with E-state index in [1.165, 1.54) is 32.1 Å². The lowest BCUT2D eigenvalue weighted by molar-refractivity contribution is 0.280. The highest BCUT2D eigenvalue weighted by molar-refractivity contribution is 5.85. The molecule has 0 aromatic rings. The molecule has 0 saturated heterocycles. The topological polar surface area (TPSA) is 35.8 Å². The van der Waals surface area contributed by atoms with Gasteiger partial charge in [0.15, 0.2) is 0 Å². The third kappa shape index (κ3) is 5.39. The largest absolute Gasteiger partial charge is 0.313 e. The molecule has 3 heteroatoms. The molecule has 0 aromatic carbocycles. The average molecular weight is 231 g/mol. The van der Waals surface area contributed by atoms with Crippen molar-refractivity contribution in [1.29, 1.82) is 5.26 Å². The molecule has 0 aromatic heterocycles. The van der Waals surface area contributed by atoms with Gasteiger partial charge in [0, 0.05) is 12.6 Å². The summed E-state index contributed by atoms with van der Waals surface area (Å²) in [4.78, 5) is 0. The second-order valence-corrected chi connectivity index (χ2v) is 4.70. The van der Waals surface area contributed by atoms with Crippen LogP contribution in [0.4, 0.5) is 0 Å². The van der Waals surface area contributed by atoms with Gasteiger partial charge in [-0.1, -0.05) is 33.1 Å². The first kappa shape index (κ1) is 14.7. The van der Waals surface area contributed by atoms with E-state index >= 15 is 0 Å². The van der Waals surface area contributed by atoms with Gasteiger partial charge in [-0.15, -0.1) is 12.4 Å². The van der Waals surface area contributed by atoms with Crippen LogP contribution in [-0.4, -0.2) is 12.6 Å². The summed E-state index contributed by atoms with van der Waals surface area (Å²) in [5, 5.41) is 12.5. The van der Waals surface area contributed by atoms with Crippen molar-refractivity contribution in [1.82, 2.24) is 5.32 Å². The minimum atomic E-state index is 0. The Balaban J connectivity index is 0.00000196. The van der Waals surface area contributed by atoms with Crippen LogP contribution in [0.2, 0.25) is 0 Å². The highest BCUT2D eigenvalue weighted by Gasteiger charge is 2.23. The van der Waals surface area contributed by atoms with Gasteiger partial charge < -0.3 is 5.32 Å². The number of hydrogen-bond acceptors (Lipinski definition) is 2. The second-order valence-electron chi connectivity index (χ2n) is 4.70. The monoisotopic (exact) mass is 230 g/mol. The number of nitrogens with one attached hydrogen (secondary N) is 1. The van der Waals surface area contributed by atoms with E-state index in [4.69, 9.17) is 5.26 Å². The van der Waals surface area contributed by atoms with Crippen molar-refractivity contribution in [2.45, 2.75) is 52.0 Å². The van der Waals surface area contributed by atoms with E-state index in [1.807, 2.05) is 0 Å². The minimum Gasteiger partial charge on any atom is -0.313 e. The van der Waals surface area contributed by atoms with Crippen molar-refractivity contribution in [2.24, 2.45) is 11.8 Å². The molecule has 1 aliphatic rings. The highest BCUT2D eigenvalue weighted by Crippen LogP contribution is 2.29. The average Bonchev–Trinajstić information content (AvgIpc) is 2.20. The van der Waals surface area contributed by atoms with Crippen LogP contribution < -0.4 is 5.32 Å². The number of nitrogens with zero attached hydrogens (tertiary/aromatic N) is 1. The molecule has 0 spiro atoms. The molecular formula is C12H23ClN2. The molecule has 1 atom stereocenters. The molecule has 1 saturated carbocycles. The summed E-state index contributed by atoms with van der Waals surface area (Å²) in [5.41, 5.74) is 0. The van der Waals surface area contributed by atoms with Gasteiger partial charge in [0.25, 0.3) is 0 Å². The highest BCUT2D eigenvalue weighted by atomic mass is 35.5. The predicted octanol–water partition coefficient (Wildman–Crippen LogP) is 3.13. The zero-order valence-electron chi connectivity index (χ0n) is 9.83. The second kappa shape index (κ2) is 7.96. The van der Waals surface area contributed by atoms with Crippen LogP contribution in [0, 0.1) is 23.2 Å². The number of hydrogen-bond donors (Lipinski definition) is 1. The summed E-state index contributed by atoms with van der Waals surface area (Å²) in [7, 11) is 0. The molecule has 1 fully saturated rings.